The molecule has 37 heavy (non-hydrogen) atoms. The molecular formula is C25H21F3N4O4S. The highest BCUT2D eigenvalue weighted by atomic mass is 32.1. The Morgan fingerprint density at radius 3 is 2.57 bits per heavy atom. The zero-order valence-corrected chi connectivity index (χ0v) is 20.5. The molecule has 4 aromatic rings. The number of para-hydroxylation sites is 1. The van der Waals surface area contributed by atoms with Gasteiger partial charge in [-0.15, -0.1) is 11.3 Å². The number of alkyl halides is 3. The number of carbonyl (C=O) groups is 1. The van der Waals surface area contributed by atoms with Crippen LogP contribution in [0.4, 0.5) is 24.5 Å². The first-order valence-electron chi connectivity index (χ1n) is 11.0. The van der Waals surface area contributed by atoms with Gasteiger partial charge in [-0.05, 0) is 50.5 Å². The third-order valence-corrected chi connectivity index (χ3v) is 6.39. The number of hydrogen-bond donors (Lipinski definition) is 1. The molecule has 8 nitrogen and oxygen atoms in total. The van der Waals surface area contributed by atoms with Crippen LogP contribution in [0.25, 0.3) is 20.8 Å². The summed E-state index contributed by atoms with van der Waals surface area (Å²) in [5.74, 6) is -0.411. The van der Waals surface area contributed by atoms with Gasteiger partial charge in [-0.3, -0.25) is 14.9 Å². The number of nitrogens with one attached hydrogen (secondary N) is 1. The Bertz CT molecular complexity index is 1440. The van der Waals surface area contributed by atoms with Crippen molar-refractivity contribution in [1.82, 2.24) is 9.88 Å². The zero-order valence-electron chi connectivity index (χ0n) is 19.7. The Hall–Kier alpha value is -4.03. The van der Waals surface area contributed by atoms with Crippen LogP contribution in [0.3, 0.4) is 0 Å². The van der Waals surface area contributed by atoms with E-state index in [-0.39, 0.29) is 11.3 Å². The maximum Gasteiger partial charge on any atom is 0.423 e. The highest BCUT2D eigenvalue weighted by molar-refractivity contribution is 7.21. The van der Waals surface area contributed by atoms with Gasteiger partial charge in [0.2, 0.25) is 0 Å². The zero-order chi connectivity index (χ0) is 26.7. The summed E-state index contributed by atoms with van der Waals surface area (Å²) in [6, 6.07) is 14.7. The first-order chi connectivity index (χ1) is 17.5. The van der Waals surface area contributed by atoms with Crippen molar-refractivity contribution in [3.05, 3.63) is 81.9 Å². The number of nitro groups is 1. The number of halogens is 3. The van der Waals surface area contributed by atoms with E-state index in [0.717, 1.165) is 16.3 Å². The summed E-state index contributed by atoms with van der Waals surface area (Å²) in [5, 5.41) is 14.3. The van der Waals surface area contributed by atoms with Crippen molar-refractivity contribution in [1.29, 1.82) is 0 Å². The molecule has 0 atom stereocenters. The lowest BCUT2D eigenvalue weighted by molar-refractivity contribution is -0.388. The standard InChI is InChI=1S/C25H21F3N4O4S/c1-31(2)11-12-36-21-14-16(8-9-17(21)24-30-19-5-3-4-6-22(19)37-24)29-23(33)15-7-10-20(32(34)35)18(13-15)25(26,27)28/h3-10,13-14H,11-12H2,1-2H3,(H,29,33). The first kappa shape index (κ1) is 26.0. The second kappa shape index (κ2) is 10.5. The summed E-state index contributed by atoms with van der Waals surface area (Å²) in [5.41, 5.74) is -1.18. The topological polar surface area (TPSA) is 97.6 Å². The van der Waals surface area contributed by atoms with Gasteiger partial charge in [0.15, 0.2) is 0 Å². The number of benzene rings is 3. The SMILES string of the molecule is CN(C)CCOc1cc(NC(=O)c2ccc([N+](=O)[O-])c(C(F)(F)F)c2)ccc1-c1nc2ccccc2s1. The smallest absolute Gasteiger partial charge is 0.423 e. The number of nitro benzene ring substituents is 1. The molecular weight excluding hydrogens is 509 g/mol. The summed E-state index contributed by atoms with van der Waals surface area (Å²) in [4.78, 5) is 29.2. The third kappa shape index (κ3) is 6.04. The Morgan fingerprint density at radius 2 is 1.89 bits per heavy atom. The first-order valence-corrected chi connectivity index (χ1v) is 11.8. The molecule has 0 spiro atoms. The quantitative estimate of drug-likeness (QED) is 0.219. The number of hydrogen-bond acceptors (Lipinski definition) is 7. The molecule has 0 fully saturated rings. The number of fused-ring (bicyclic) bond motifs is 1. The third-order valence-electron chi connectivity index (χ3n) is 5.32. The molecule has 0 unspecified atom stereocenters. The van der Waals surface area contributed by atoms with Crippen LogP contribution in [-0.4, -0.2) is 48.0 Å². The van der Waals surface area contributed by atoms with E-state index in [1.54, 1.807) is 18.2 Å². The highest BCUT2D eigenvalue weighted by Gasteiger charge is 2.38. The monoisotopic (exact) mass is 530 g/mol. The number of ether oxygens (including phenoxy) is 1. The maximum absolute atomic E-state index is 13.3. The minimum atomic E-state index is -5.00. The summed E-state index contributed by atoms with van der Waals surface area (Å²) >= 11 is 1.48. The summed E-state index contributed by atoms with van der Waals surface area (Å²) in [6.07, 6.45) is -5.00. The number of likely N-dealkylation sites (N-methyl/N-ethyl adjacent to an activating group) is 1. The lowest BCUT2D eigenvalue weighted by Gasteiger charge is -2.15. The predicted molar refractivity (Wildman–Crippen MR) is 135 cm³/mol. The molecule has 3 aromatic carbocycles. The lowest BCUT2D eigenvalue weighted by Crippen LogP contribution is -2.19. The number of nitrogens with zero attached hydrogens (tertiary/aromatic N) is 3. The van der Waals surface area contributed by atoms with Crippen molar-refractivity contribution >= 4 is 38.8 Å². The minimum absolute atomic E-state index is 0.279. The van der Waals surface area contributed by atoms with Crippen LogP contribution in [0.1, 0.15) is 15.9 Å². The minimum Gasteiger partial charge on any atom is -0.491 e. The van der Waals surface area contributed by atoms with Gasteiger partial charge in [0.25, 0.3) is 11.6 Å². The second-order valence-electron chi connectivity index (χ2n) is 8.29. The van der Waals surface area contributed by atoms with Gasteiger partial charge in [0.1, 0.15) is 22.9 Å². The Morgan fingerprint density at radius 1 is 1.14 bits per heavy atom. The van der Waals surface area contributed by atoms with E-state index in [4.69, 9.17) is 4.74 Å². The molecule has 1 amide bonds. The second-order valence-corrected chi connectivity index (χ2v) is 9.32. The number of aromatic nitrogens is 1. The maximum atomic E-state index is 13.3. The van der Waals surface area contributed by atoms with Crippen molar-refractivity contribution in [2.24, 2.45) is 0 Å². The van der Waals surface area contributed by atoms with Crippen molar-refractivity contribution < 1.29 is 27.6 Å². The van der Waals surface area contributed by atoms with Crippen molar-refractivity contribution in [3.63, 3.8) is 0 Å². The van der Waals surface area contributed by atoms with Crippen LogP contribution < -0.4 is 10.1 Å². The van der Waals surface area contributed by atoms with E-state index in [0.29, 0.717) is 41.6 Å². The molecule has 1 aromatic heterocycles. The normalized spacial score (nSPS) is 11.6. The average molecular weight is 531 g/mol. The molecule has 0 saturated heterocycles. The van der Waals surface area contributed by atoms with E-state index in [2.05, 4.69) is 10.3 Å². The fourth-order valence-electron chi connectivity index (χ4n) is 3.49. The molecule has 0 aliphatic rings. The predicted octanol–water partition coefficient (Wildman–Crippen LogP) is 6.08. The number of amides is 1. The Balaban J connectivity index is 1.65. The van der Waals surface area contributed by atoms with E-state index in [9.17, 15) is 28.1 Å². The van der Waals surface area contributed by atoms with E-state index in [1.807, 2.05) is 43.3 Å². The molecule has 192 valence electrons. The molecule has 1 N–H and O–H groups in total. The molecule has 1 heterocycles. The van der Waals surface area contributed by atoms with Gasteiger partial charge in [0, 0.05) is 29.9 Å². The van der Waals surface area contributed by atoms with Gasteiger partial charge < -0.3 is 15.0 Å². The molecule has 0 bridgehead atoms. The van der Waals surface area contributed by atoms with Crippen molar-refractivity contribution in [2.75, 3.05) is 32.6 Å². The van der Waals surface area contributed by atoms with Crippen LogP contribution >= 0.6 is 11.3 Å². The fraction of sp³-hybridized carbons (Fsp3) is 0.200. The van der Waals surface area contributed by atoms with Gasteiger partial charge in [-0.2, -0.15) is 13.2 Å². The highest BCUT2D eigenvalue weighted by Crippen LogP contribution is 2.38. The van der Waals surface area contributed by atoms with Crippen molar-refractivity contribution in [2.45, 2.75) is 6.18 Å². The lowest BCUT2D eigenvalue weighted by atomic mass is 10.1. The summed E-state index contributed by atoms with van der Waals surface area (Å²) in [7, 11) is 3.79. The van der Waals surface area contributed by atoms with E-state index < -0.39 is 28.3 Å². The molecule has 12 heteroatoms. The van der Waals surface area contributed by atoms with Gasteiger partial charge in [0.05, 0.1) is 20.7 Å². The van der Waals surface area contributed by atoms with Gasteiger partial charge in [-0.25, -0.2) is 4.98 Å². The van der Waals surface area contributed by atoms with Gasteiger partial charge in [-0.1, -0.05) is 12.1 Å². The number of thiazole rings is 1. The molecule has 0 aliphatic carbocycles. The van der Waals surface area contributed by atoms with E-state index >= 15 is 0 Å². The number of anilines is 1. The Kier molecular flexibility index (Phi) is 7.41. The number of rotatable bonds is 8. The van der Waals surface area contributed by atoms with Crippen LogP contribution in [0.5, 0.6) is 5.75 Å². The van der Waals surface area contributed by atoms with Crippen molar-refractivity contribution in [3.8, 4) is 16.3 Å². The average Bonchev–Trinajstić information content (AvgIpc) is 3.27. The molecule has 0 saturated carbocycles. The van der Waals surface area contributed by atoms with Crippen LogP contribution in [0.15, 0.2) is 60.7 Å². The van der Waals surface area contributed by atoms with E-state index in [1.165, 1.54) is 11.3 Å². The molecule has 0 radical (unpaired) electrons. The fourth-order valence-corrected chi connectivity index (χ4v) is 4.48. The van der Waals surface area contributed by atoms with Crippen LogP contribution in [0.2, 0.25) is 0 Å². The van der Waals surface area contributed by atoms with Gasteiger partial charge >= 0.3 is 6.18 Å². The van der Waals surface area contributed by atoms with Crippen LogP contribution in [0, 0.1) is 10.1 Å². The van der Waals surface area contributed by atoms with Crippen LogP contribution in [-0.2, 0) is 6.18 Å². The summed E-state index contributed by atoms with van der Waals surface area (Å²) < 4.78 is 47.0. The summed E-state index contributed by atoms with van der Waals surface area (Å²) in [6.45, 7) is 0.971. The number of carbonyl (C=O) groups excluding carboxylic acids is 1. The Labute approximate surface area is 213 Å². The molecule has 4 rings (SSSR count). The molecule has 0 aliphatic heterocycles. The largest absolute Gasteiger partial charge is 0.491 e.